The highest BCUT2D eigenvalue weighted by Crippen LogP contribution is 2.24. The molecule has 0 heterocycles. The van der Waals surface area contributed by atoms with Gasteiger partial charge >= 0.3 is 11.9 Å². The molecule has 0 aliphatic rings. The van der Waals surface area contributed by atoms with Gasteiger partial charge < -0.3 is 10.4 Å². The molecule has 0 aromatic heterocycles. The largest absolute Gasteiger partial charge is 0.474 e. The summed E-state index contributed by atoms with van der Waals surface area (Å²) in [6.45, 7) is 1.73. The molecule has 0 atom stereocenters. The van der Waals surface area contributed by atoms with Gasteiger partial charge in [0.25, 0.3) is 0 Å². The van der Waals surface area contributed by atoms with Crippen molar-refractivity contribution in [3.05, 3.63) is 28.8 Å². The zero-order valence-corrected chi connectivity index (χ0v) is 8.13. The minimum Gasteiger partial charge on any atom is -0.474 e. The van der Waals surface area contributed by atoms with E-state index in [2.05, 4.69) is 5.32 Å². The molecule has 0 fully saturated rings. The fourth-order valence-corrected chi connectivity index (χ4v) is 1.23. The normalized spacial score (nSPS) is 9.57. The van der Waals surface area contributed by atoms with E-state index in [4.69, 9.17) is 16.7 Å². The molecule has 1 aromatic carbocycles. The molecule has 1 amide bonds. The van der Waals surface area contributed by atoms with E-state index < -0.39 is 11.9 Å². The lowest BCUT2D eigenvalue weighted by Gasteiger charge is -2.07. The van der Waals surface area contributed by atoms with Crippen molar-refractivity contribution < 1.29 is 14.7 Å². The Hall–Kier alpha value is -1.55. The number of carboxylic acid groups (broad SMARTS) is 1. The van der Waals surface area contributed by atoms with Crippen molar-refractivity contribution in [3.63, 3.8) is 0 Å². The second kappa shape index (κ2) is 4.11. The number of nitrogens with one attached hydrogen (secondary N) is 1. The van der Waals surface area contributed by atoms with Gasteiger partial charge in [0.05, 0.1) is 10.7 Å². The third-order valence-electron chi connectivity index (χ3n) is 1.65. The minimum atomic E-state index is -1.54. The van der Waals surface area contributed by atoms with Gasteiger partial charge in [-0.25, -0.2) is 4.79 Å². The molecule has 0 bridgehead atoms. The van der Waals surface area contributed by atoms with Gasteiger partial charge in [-0.15, -0.1) is 0 Å². The number of aliphatic carboxylic acids is 1. The maximum atomic E-state index is 10.8. The summed E-state index contributed by atoms with van der Waals surface area (Å²) < 4.78 is 0. The van der Waals surface area contributed by atoms with Crippen LogP contribution in [0.25, 0.3) is 0 Å². The van der Waals surface area contributed by atoms with Crippen molar-refractivity contribution in [2.75, 3.05) is 5.32 Å². The Morgan fingerprint density at radius 1 is 1.43 bits per heavy atom. The molecule has 0 unspecified atom stereocenters. The van der Waals surface area contributed by atoms with Gasteiger partial charge in [0.2, 0.25) is 0 Å². The zero-order chi connectivity index (χ0) is 10.7. The van der Waals surface area contributed by atoms with Crippen LogP contribution < -0.4 is 5.32 Å². The van der Waals surface area contributed by atoms with E-state index in [-0.39, 0.29) is 0 Å². The number of amides is 1. The second-order valence-corrected chi connectivity index (χ2v) is 3.10. The number of anilines is 1. The number of aryl methyl sites for hydroxylation is 1. The van der Waals surface area contributed by atoms with Gasteiger partial charge in [-0.2, -0.15) is 0 Å². The number of hydrogen-bond acceptors (Lipinski definition) is 2. The Morgan fingerprint density at radius 3 is 2.57 bits per heavy atom. The lowest BCUT2D eigenvalue weighted by atomic mass is 10.2. The average molecular weight is 214 g/mol. The summed E-state index contributed by atoms with van der Waals surface area (Å²) in [6.07, 6.45) is 0. The molecule has 1 rings (SSSR count). The van der Waals surface area contributed by atoms with Gasteiger partial charge in [-0.05, 0) is 18.6 Å². The van der Waals surface area contributed by atoms with E-state index in [1.54, 1.807) is 25.1 Å². The summed E-state index contributed by atoms with van der Waals surface area (Å²) in [6, 6.07) is 5.02. The number of carbonyl (C=O) groups is 2. The third-order valence-corrected chi connectivity index (χ3v) is 1.97. The maximum absolute atomic E-state index is 10.8. The summed E-state index contributed by atoms with van der Waals surface area (Å²) in [5.74, 6) is -2.63. The van der Waals surface area contributed by atoms with Crippen LogP contribution in [0.1, 0.15) is 5.56 Å². The van der Waals surface area contributed by atoms with Crippen LogP contribution in [0.4, 0.5) is 5.69 Å². The first-order valence-corrected chi connectivity index (χ1v) is 4.19. The maximum Gasteiger partial charge on any atom is 0.394 e. The first kappa shape index (κ1) is 10.5. The Morgan fingerprint density at radius 2 is 2.07 bits per heavy atom. The number of rotatable bonds is 1. The highest BCUT2D eigenvalue weighted by molar-refractivity contribution is 6.39. The molecule has 2 N–H and O–H groups in total. The number of para-hydroxylation sites is 1. The van der Waals surface area contributed by atoms with Crippen LogP contribution in [-0.4, -0.2) is 17.0 Å². The lowest BCUT2D eigenvalue weighted by molar-refractivity contribution is -0.147. The molecule has 1 aromatic rings. The highest BCUT2D eigenvalue weighted by Gasteiger charge is 2.13. The standard InChI is InChI=1S/C9H8ClNO3/c1-5-3-2-4-6(10)7(5)11-8(12)9(13)14/h2-4H,1H3,(H,11,12)(H,13,14). The van der Waals surface area contributed by atoms with Gasteiger partial charge in [0, 0.05) is 0 Å². The lowest BCUT2D eigenvalue weighted by Crippen LogP contribution is -2.22. The summed E-state index contributed by atoms with van der Waals surface area (Å²) in [5, 5.41) is 10.9. The van der Waals surface area contributed by atoms with Crippen LogP contribution in [0.2, 0.25) is 5.02 Å². The second-order valence-electron chi connectivity index (χ2n) is 2.69. The van der Waals surface area contributed by atoms with Gasteiger partial charge in [0.1, 0.15) is 0 Å². The van der Waals surface area contributed by atoms with Crippen LogP contribution in [0.15, 0.2) is 18.2 Å². The van der Waals surface area contributed by atoms with Gasteiger partial charge in [0.15, 0.2) is 0 Å². The van der Waals surface area contributed by atoms with Crippen molar-refractivity contribution in [3.8, 4) is 0 Å². The first-order chi connectivity index (χ1) is 6.52. The molecule has 74 valence electrons. The molecule has 5 heteroatoms. The molecular weight excluding hydrogens is 206 g/mol. The Balaban J connectivity index is 2.97. The summed E-state index contributed by atoms with van der Waals surface area (Å²) in [7, 11) is 0. The summed E-state index contributed by atoms with van der Waals surface area (Å²) >= 11 is 5.77. The Bertz CT molecular complexity index is 369. The molecule has 0 saturated heterocycles. The first-order valence-electron chi connectivity index (χ1n) is 3.81. The van der Waals surface area contributed by atoms with Crippen molar-refractivity contribution >= 4 is 29.2 Å². The monoisotopic (exact) mass is 213 g/mol. The van der Waals surface area contributed by atoms with E-state index >= 15 is 0 Å². The summed E-state index contributed by atoms with van der Waals surface area (Å²) in [4.78, 5) is 21.1. The van der Waals surface area contributed by atoms with Crippen molar-refractivity contribution in [1.82, 2.24) is 0 Å². The quantitative estimate of drug-likeness (QED) is 0.698. The van der Waals surface area contributed by atoms with Crippen molar-refractivity contribution in [2.24, 2.45) is 0 Å². The smallest absolute Gasteiger partial charge is 0.394 e. The Kier molecular flexibility index (Phi) is 3.09. The number of carboxylic acids is 1. The molecule has 0 spiro atoms. The molecule has 0 saturated carbocycles. The molecular formula is C9H8ClNO3. The minimum absolute atomic E-state index is 0.319. The predicted octanol–water partition coefficient (Wildman–Crippen LogP) is 1.67. The Labute approximate surface area is 85.5 Å². The highest BCUT2D eigenvalue weighted by atomic mass is 35.5. The van der Waals surface area contributed by atoms with Crippen LogP contribution in [-0.2, 0) is 9.59 Å². The number of halogens is 1. The topological polar surface area (TPSA) is 66.4 Å². The van der Waals surface area contributed by atoms with Crippen LogP contribution >= 0.6 is 11.6 Å². The van der Waals surface area contributed by atoms with E-state index in [1.807, 2.05) is 0 Å². The average Bonchev–Trinajstić information content (AvgIpc) is 2.11. The molecule has 0 aliphatic heterocycles. The van der Waals surface area contributed by atoms with Gasteiger partial charge in [-0.3, -0.25) is 4.79 Å². The molecule has 4 nitrogen and oxygen atoms in total. The molecule has 0 aliphatic carbocycles. The van der Waals surface area contributed by atoms with Crippen LogP contribution in [0, 0.1) is 6.92 Å². The van der Waals surface area contributed by atoms with Crippen molar-refractivity contribution in [1.29, 1.82) is 0 Å². The van der Waals surface area contributed by atoms with Crippen molar-refractivity contribution in [2.45, 2.75) is 6.92 Å². The SMILES string of the molecule is Cc1cccc(Cl)c1NC(=O)C(=O)O. The van der Waals surface area contributed by atoms with E-state index in [9.17, 15) is 9.59 Å². The fourth-order valence-electron chi connectivity index (χ4n) is 0.957. The van der Waals surface area contributed by atoms with E-state index in [1.165, 1.54) is 0 Å². The number of hydrogen-bond donors (Lipinski definition) is 2. The predicted molar refractivity (Wildman–Crippen MR) is 52.5 cm³/mol. The number of carbonyl (C=O) groups excluding carboxylic acids is 1. The third kappa shape index (κ3) is 2.23. The van der Waals surface area contributed by atoms with Crippen LogP contribution in [0.3, 0.4) is 0 Å². The molecule has 14 heavy (non-hydrogen) atoms. The van der Waals surface area contributed by atoms with Gasteiger partial charge in [-0.1, -0.05) is 23.7 Å². The van der Waals surface area contributed by atoms with Crippen LogP contribution in [0.5, 0.6) is 0 Å². The zero-order valence-electron chi connectivity index (χ0n) is 7.37. The van der Waals surface area contributed by atoms with E-state index in [0.717, 1.165) is 0 Å². The fraction of sp³-hybridized carbons (Fsp3) is 0.111. The summed E-state index contributed by atoms with van der Waals surface area (Å²) in [5.41, 5.74) is 1.05. The molecule has 0 radical (unpaired) electrons. The number of benzene rings is 1. The van der Waals surface area contributed by atoms with E-state index in [0.29, 0.717) is 16.3 Å².